The molecule has 1 heterocycles. The molecular weight excluding hydrogens is 248 g/mol. The Kier molecular flexibility index (Phi) is 3.92. The highest BCUT2D eigenvalue weighted by molar-refractivity contribution is 7.89. The standard InChI is InChI=1S/C13H20N2O2S/c1-11-7-3-2-6-10-15(11)18(16,17)13-9-5-4-8-12(13)14/h4-5,8-9,11H,2-3,6-7,10,14H2,1H3. The van der Waals surface area contributed by atoms with Crippen molar-refractivity contribution in [2.75, 3.05) is 12.3 Å². The van der Waals surface area contributed by atoms with Crippen LogP contribution < -0.4 is 5.73 Å². The average molecular weight is 268 g/mol. The van der Waals surface area contributed by atoms with Gasteiger partial charge in [-0.2, -0.15) is 4.31 Å². The van der Waals surface area contributed by atoms with Crippen molar-refractivity contribution in [3.63, 3.8) is 0 Å². The number of sulfonamides is 1. The van der Waals surface area contributed by atoms with Crippen LogP contribution >= 0.6 is 0 Å². The van der Waals surface area contributed by atoms with Gasteiger partial charge in [0.25, 0.3) is 0 Å². The van der Waals surface area contributed by atoms with Crippen LogP contribution in [0.4, 0.5) is 5.69 Å². The van der Waals surface area contributed by atoms with Crippen molar-refractivity contribution in [3.05, 3.63) is 24.3 Å². The predicted molar refractivity (Wildman–Crippen MR) is 72.7 cm³/mol. The number of nitrogen functional groups attached to an aromatic ring is 1. The summed E-state index contributed by atoms with van der Waals surface area (Å²) in [6.07, 6.45) is 4.04. The Morgan fingerprint density at radius 3 is 2.67 bits per heavy atom. The van der Waals surface area contributed by atoms with Crippen LogP contribution in [0.1, 0.15) is 32.6 Å². The van der Waals surface area contributed by atoms with Gasteiger partial charge in [0.05, 0.1) is 5.69 Å². The molecule has 0 aliphatic carbocycles. The van der Waals surface area contributed by atoms with E-state index in [2.05, 4.69) is 0 Å². The van der Waals surface area contributed by atoms with E-state index in [9.17, 15) is 8.42 Å². The second kappa shape index (κ2) is 5.28. The van der Waals surface area contributed by atoms with Gasteiger partial charge in [-0.1, -0.05) is 25.0 Å². The first-order chi connectivity index (χ1) is 8.53. The summed E-state index contributed by atoms with van der Waals surface area (Å²) >= 11 is 0. The summed E-state index contributed by atoms with van der Waals surface area (Å²) in [5.74, 6) is 0. The fourth-order valence-electron chi connectivity index (χ4n) is 2.45. The maximum absolute atomic E-state index is 12.6. The molecule has 1 saturated heterocycles. The topological polar surface area (TPSA) is 63.4 Å². The van der Waals surface area contributed by atoms with E-state index in [-0.39, 0.29) is 10.9 Å². The molecule has 0 radical (unpaired) electrons. The van der Waals surface area contributed by atoms with Crippen molar-refractivity contribution in [2.45, 2.75) is 43.5 Å². The summed E-state index contributed by atoms with van der Waals surface area (Å²) in [5.41, 5.74) is 6.12. The molecule has 1 aliphatic heterocycles. The highest BCUT2D eigenvalue weighted by atomic mass is 32.2. The molecule has 4 nitrogen and oxygen atoms in total. The first-order valence-corrected chi connectivity index (χ1v) is 7.84. The van der Waals surface area contributed by atoms with Crippen LogP contribution in [0.15, 0.2) is 29.2 Å². The van der Waals surface area contributed by atoms with Crippen LogP contribution in [0.25, 0.3) is 0 Å². The Labute approximate surface area is 109 Å². The SMILES string of the molecule is CC1CCCCCN1S(=O)(=O)c1ccccc1N. The molecule has 0 aromatic heterocycles. The number of rotatable bonds is 2. The Hall–Kier alpha value is -1.07. The molecule has 1 aromatic rings. The van der Waals surface area contributed by atoms with Crippen LogP contribution in [-0.2, 0) is 10.0 Å². The lowest BCUT2D eigenvalue weighted by molar-refractivity contribution is 0.342. The van der Waals surface area contributed by atoms with Crippen molar-refractivity contribution in [2.24, 2.45) is 0 Å². The zero-order chi connectivity index (χ0) is 13.2. The van der Waals surface area contributed by atoms with E-state index < -0.39 is 10.0 Å². The van der Waals surface area contributed by atoms with Gasteiger partial charge in [0.2, 0.25) is 10.0 Å². The number of benzene rings is 1. The van der Waals surface area contributed by atoms with Crippen LogP contribution in [-0.4, -0.2) is 25.3 Å². The highest BCUT2D eigenvalue weighted by Crippen LogP contribution is 2.27. The first-order valence-electron chi connectivity index (χ1n) is 6.40. The molecule has 2 N–H and O–H groups in total. The van der Waals surface area contributed by atoms with Gasteiger partial charge in [-0.25, -0.2) is 8.42 Å². The van der Waals surface area contributed by atoms with Gasteiger partial charge in [-0.3, -0.25) is 0 Å². The molecule has 1 fully saturated rings. The van der Waals surface area contributed by atoms with Gasteiger partial charge in [-0.05, 0) is 31.9 Å². The molecule has 1 aromatic carbocycles. The van der Waals surface area contributed by atoms with E-state index in [4.69, 9.17) is 5.73 Å². The predicted octanol–water partition coefficient (Wildman–Crippen LogP) is 2.22. The lowest BCUT2D eigenvalue weighted by Crippen LogP contribution is -2.38. The molecule has 0 bridgehead atoms. The Balaban J connectivity index is 2.38. The quantitative estimate of drug-likeness (QED) is 0.836. The zero-order valence-corrected chi connectivity index (χ0v) is 11.5. The molecule has 2 rings (SSSR count). The summed E-state index contributed by atoms with van der Waals surface area (Å²) in [4.78, 5) is 0.235. The van der Waals surface area contributed by atoms with E-state index >= 15 is 0 Å². The minimum absolute atomic E-state index is 0.0529. The fourth-order valence-corrected chi connectivity index (χ4v) is 4.27. The second-order valence-electron chi connectivity index (χ2n) is 4.85. The van der Waals surface area contributed by atoms with E-state index in [1.807, 2.05) is 6.92 Å². The summed E-state index contributed by atoms with van der Waals surface area (Å²) in [6, 6.07) is 6.74. The minimum Gasteiger partial charge on any atom is -0.398 e. The van der Waals surface area contributed by atoms with Crippen LogP contribution in [0.3, 0.4) is 0 Å². The Morgan fingerprint density at radius 1 is 1.22 bits per heavy atom. The van der Waals surface area contributed by atoms with Crippen molar-refractivity contribution >= 4 is 15.7 Å². The molecule has 5 heteroatoms. The molecule has 0 amide bonds. The normalized spacial score (nSPS) is 22.6. The van der Waals surface area contributed by atoms with Gasteiger partial charge in [0.15, 0.2) is 0 Å². The average Bonchev–Trinajstić information content (AvgIpc) is 2.54. The maximum atomic E-state index is 12.6. The fraction of sp³-hybridized carbons (Fsp3) is 0.538. The van der Waals surface area contributed by atoms with E-state index in [1.54, 1.807) is 28.6 Å². The number of hydrogen-bond donors (Lipinski definition) is 1. The number of para-hydroxylation sites is 1. The summed E-state index contributed by atoms with van der Waals surface area (Å²) in [7, 11) is -3.46. The maximum Gasteiger partial charge on any atom is 0.245 e. The van der Waals surface area contributed by atoms with Crippen LogP contribution in [0.2, 0.25) is 0 Å². The van der Waals surface area contributed by atoms with Crippen LogP contribution in [0.5, 0.6) is 0 Å². The molecule has 0 saturated carbocycles. The van der Waals surface area contributed by atoms with E-state index in [1.165, 1.54) is 0 Å². The number of hydrogen-bond acceptors (Lipinski definition) is 3. The Bertz CT molecular complexity index is 513. The second-order valence-corrected chi connectivity index (χ2v) is 6.71. The third kappa shape index (κ3) is 2.52. The summed E-state index contributed by atoms with van der Waals surface area (Å²) in [6.45, 7) is 2.57. The number of nitrogens with zero attached hydrogens (tertiary/aromatic N) is 1. The Morgan fingerprint density at radius 2 is 1.94 bits per heavy atom. The zero-order valence-electron chi connectivity index (χ0n) is 10.7. The third-order valence-electron chi connectivity index (χ3n) is 3.50. The highest BCUT2D eigenvalue weighted by Gasteiger charge is 2.30. The van der Waals surface area contributed by atoms with Gasteiger partial charge < -0.3 is 5.73 Å². The lowest BCUT2D eigenvalue weighted by atomic mass is 10.1. The third-order valence-corrected chi connectivity index (χ3v) is 5.59. The molecule has 18 heavy (non-hydrogen) atoms. The summed E-state index contributed by atoms with van der Waals surface area (Å²) in [5, 5.41) is 0. The van der Waals surface area contributed by atoms with E-state index in [0.717, 1.165) is 25.7 Å². The van der Waals surface area contributed by atoms with Crippen molar-refractivity contribution in [3.8, 4) is 0 Å². The number of anilines is 1. The summed E-state index contributed by atoms with van der Waals surface area (Å²) < 4.78 is 26.8. The van der Waals surface area contributed by atoms with E-state index in [0.29, 0.717) is 12.2 Å². The molecule has 1 unspecified atom stereocenters. The van der Waals surface area contributed by atoms with Crippen LogP contribution in [0, 0.1) is 0 Å². The van der Waals surface area contributed by atoms with Gasteiger partial charge in [0, 0.05) is 12.6 Å². The van der Waals surface area contributed by atoms with Crippen molar-refractivity contribution in [1.82, 2.24) is 4.31 Å². The lowest BCUT2D eigenvalue weighted by Gasteiger charge is -2.26. The number of nitrogens with two attached hydrogens (primary N) is 1. The van der Waals surface area contributed by atoms with Crippen molar-refractivity contribution < 1.29 is 8.42 Å². The van der Waals surface area contributed by atoms with Gasteiger partial charge in [-0.15, -0.1) is 0 Å². The molecule has 100 valence electrons. The molecular formula is C13H20N2O2S. The molecule has 0 spiro atoms. The molecule has 1 aliphatic rings. The largest absolute Gasteiger partial charge is 0.398 e. The smallest absolute Gasteiger partial charge is 0.245 e. The minimum atomic E-state index is -3.46. The monoisotopic (exact) mass is 268 g/mol. The first kappa shape index (κ1) is 13.4. The molecule has 1 atom stereocenters. The van der Waals surface area contributed by atoms with Gasteiger partial charge in [0.1, 0.15) is 4.90 Å². The van der Waals surface area contributed by atoms with Crippen molar-refractivity contribution in [1.29, 1.82) is 0 Å². The van der Waals surface area contributed by atoms with Gasteiger partial charge >= 0.3 is 0 Å².